The van der Waals surface area contributed by atoms with Crippen LogP contribution in [-0.2, 0) is 9.59 Å². The smallest absolute Gasteiger partial charge is 0.257 e. The molecule has 0 spiro atoms. The van der Waals surface area contributed by atoms with Crippen LogP contribution in [-0.4, -0.2) is 95.7 Å². The molecule has 28 heavy (non-hydrogen) atoms. The zero-order valence-electron chi connectivity index (χ0n) is 17.2. The zero-order chi connectivity index (χ0) is 20.4. The monoisotopic (exact) mass is 390 g/mol. The summed E-state index contributed by atoms with van der Waals surface area (Å²) >= 11 is 0. The van der Waals surface area contributed by atoms with Crippen LogP contribution in [0.15, 0.2) is 10.5 Å². The van der Waals surface area contributed by atoms with Crippen molar-refractivity contribution in [1.29, 1.82) is 0 Å². The number of carbonyl (C=O) groups is 3. The summed E-state index contributed by atoms with van der Waals surface area (Å²) in [4.78, 5) is 44.6. The third-order valence-electron chi connectivity index (χ3n) is 5.81. The predicted molar refractivity (Wildman–Crippen MR) is 104 cm³/mol. The average Bonchev–Trinajstić information content (AvgIpc) is 3.04. The van der Waals surface area contributed by atoms with Crippen LogP contribution in [0, 0.1) is 13.8 Å². The van der Waals surface area contributed by atoms with Crippen LogP contribution >= 0.6 is 0 Å². The fourth-order valence-electron chi connectivity index (χ4n) is 3.99. The van der Waals surface area contributed by atoms with Crippen molar-refractivity contribution < 1.29 is 18.8 Å². The lowest BCUT2D eigenvalue weighted by Gasteiger charge is -2.40. The van der Waals surface area contributed by atoms with E-state index < -0.39 is 0 Å². The molecule has 1 aromatic rings. The molecule has 3 heterocycles. The SMILES string of the molecule is CC(=O)N1CCN(C(=O)C(C)N2CCN(C(=O)c3cc(C)oc3C)CC2)CC1. The minimum Gasteiger partial charge on any atom is -0.466 e. The quantitative estimate of drug-likeness (QED) is 0.761. The summed E-state index contributed by atoms with van der Waals surface area (Å²) in [6, 6.07) is 1.57. The summed E-state index contributed by atoms with van der Waals surface area (Å²) in [5, 5.41) is 0. The highest BCUT2D eigenvalue weighted by Gasteiger charge is 2.32. The topological polar surface area (TPSA) is 77.3 Å². The normalized spacial score (nSPS) is 19.6. The number of aryl methyl sites for hydroxylation is 2. The minimum atomic E-state index is -0.223. The Labute approximate surface area is 166 Å². The Bertz CT molecular complexity index is 743. The molecule has 2 aliphatic heterocycles. The van der Waals surface area contributed by atoms with Crippen LogP contribution in [0.3, 0.4) is 0 Å². The highest BCUT2D eigenvalue weighted by atomic mass is 16.3. The predicted octanol–water partition coefficient (Wildman–Crippen LogP) is 0.733. The van der Waals surface area contributed by atoms with Crippen LogP contribution in [0.5, 0.6) is 0 Å². The van der Waals surface area contributed by atoms with Crippen molar-refractivity contribution in [3.05, 3.63) is 23.2 Å². The van der Waals surface area contributed by atoms with Gasteiger partial charge in [-0.15, -0.1) is 0 Å². The molecule has 2 fully saturated rings. The molecule has 0 aromatic carbocycles. The van der Waals surface area contributed by atoms with E-state index in [4.69, 9.17) is 4.42 Å². The van der Waals surface area contributed by atoms with E-state index in [1.165, 1.54) is 0 Å². The van der Waals surface area contributed by atoms with Crippen LogP contribution < -0.4 is 0 Å². The third kappa shape index (κ3) is 4.22. The van der Waals surface area contributed by atoms with E-state index in [9.17, 15) is 14.4 Å². The standard InChI is InChI=1S/C20H30N4O4/c1-14-13-18(16(3)28-14)20(27)24-9-5-21(6-10-24)15(2)19(26)23-11-7-22(8-12-23)17(4)25/h13,15H,5-12H2,1-4H3. The van der Waals surface area contributed by atoms with Crippen molar-refractivity contribution in [1.82, 2.24) is 19.6 Å². The lowest BCUT2D eigenvalue weighted by atomic mass is 10.1. The van der Waals surface area contributed by atoms with Gasteiger partial charge >= 0.3 is 0 Å². The fraction of sp³-hybridized carbons (Fsp3) is 0.650. The molecule has 3 rings (SSSR count). The highest BCUT2D eigenvalue weighted by Crippen LogP contribution is 2.18. The highest BCUT2D eigenvalue weighted by molar-refractivity contribution is 5.95. The second kappa shape index (κ2) is 8.34. The molecule has 154 valence electrons. The van der Waals surface area contributed by atoms with Crippen molar-refractivity contribution in [2.75, 3.05) is 52.4 Å². The van der Waals surface area contributed by atoms with Crippen molar-refractivity contribution in [2.24, 2.45) is 0 Å². The number of nitrogens with zero attached hydrogens (tertiary/aromatic N) is 4. The van der Waals surface area contributed by atoms with Gasteiger partial charge in [0.2, 0.25) is 11.8 Å². The largest absolute Gasteiger partial charge is 0.466 e. The second-order valence-corrected chi connectivity index (χ2v) is 7.66. The first-order valence-corrected chi connectivity index (χ1v) is 9.92. The Morgan fingerprint density at radius 1 is 0.893 bits per heavy atom. The maximum atomic E-state index is 12.8. The lowest BCUT2D eigenvalue weighted by molar-refractivity contribution is -0.142. The molecule has 0 radical (unpaired) electrons. The van der Waals surface area contributed by atoms with Crippen LogP contribution in [0.4, 0.5) is 0 Å². The molecular weight excluding hydrogens is 360 g/mol. The van der Waals surface area contributed by atoms with E-state index in [-0.39, 0.29) is 23.8 Å². The van der Waals surface area contributed by atoms with E-state index in [1.54, 1.807) is 17.9 Å². The molecule has 0 aliphatic carbocycles. The van der Waals surface area contributed by atoms with Gasteiger partial charge in [0, 0.05) is 59.3 Å². The summed E-state index contributed by atoms with van der Waals surface area (Å²) < 4.78 is 5.47. The van der Waals surface area contributed by atoms with Gasteiger partial charge in [0.05, 0.1) is 11.6 Å². The summed E-state index contributed by atoms with van der Waals surface area (Å²) in [5.41, 5.74) is 0.624. The Hall–Kier alpha value is -2.35. The van der Waals surface area contributed by atoms with Gasteiger partial charge in [-0.1, -0.05) is 0 Å². The maximum absolute atomic E-state index is 12.8. The Morgan fingerprint density at radius 3 is 1.93 bits per heavy atom. The number of amides is 3. The van der Waals surface area contributed by atoms with Gasteiger partial charge in [-0.25, -0.2) is 0 Å². The molecule has 1 atom stereocenters. The molecule has 8 nitrogen and oxygen atoms in total. The summed E-state index contributed by atoms with van der Waals surface area (Å²) in [6.45, 7) is 12.0. The number of piperazine rings is 2. The van der Waals surface area contributed by atoms with E-state index >= 15 is 0 Å². The number of furan rings is 1. The molecular formula is C20H30N4O4. The molecule has 0 saturated carbocycles. The molecule has 0 bridgehead atoms. The van der Waals surface area contributed by atoms with Gasteiger partial charge in [0.15, 0.2) is 0 Å². The van der Waals surface area contributed by atoms with Gasteiger partial charge in [-0.05, 0) is 26.8 Å². The molecule has 0 N–H and O–H groups in total. The molecule has 1 aromatic heterocycles. The number of rotatable bonds is 3. The zero-order valence-corrected chi connectivity index (χ0v) is 17.2. The number of hydrogen-bond donors (Lipinski definition) is 0. The van der Waals surface area contributed by atoms with Gasteiger partial charge in [-0.2, -0.15) is 0 Å². The number of hydrogen-bond acceptors (Lipinski definition) is 5. The van der Waals surface area contributed by atoms with Crippen LogP contribution in [0.25, 0.3) is 0 Å². The first kappa shape index (κ1) is 20.4. The van der Waals surface area contributed by atoms with Crippen LogP contribution in [0.2, 0.25) is 0 Å². The molecule has 2 saturated heterocycles. The Morgan fingerprint density at radius 2 is 1.43 bits per heavy atom. The minimum absolute atomic E-state index is 0.00617. The van der Waals surface area contributed by atoms with Crippen molar-refractivity contribution in [2.45, 2.75) is 33.7 Å². The number of carbonyl (C=O) groups excluding carboxylic acids is 3. The van der Waals surface area contributed by atoms with Crippen LogP contribution in [0.1, 0.15) is 35.7 Å². The van der Waals surface area contributed by atoms with Crippen molar-refractivity contribution in [3.8, 4) is 0 Å². The molecule has 3 amide bonds. The first-order valence-electron chi connectivity index (χ1n) is 9.92. The van der Waals surface area contributed by atoms with Gasteiger partial charge in [0.25, 0.3) is 5.91 Å². The van der Waals surface area contributed by atoms with Gasteiger partial charge in [-0.3, -0.25) is 19.3 Å². The van der Waals surface area contributed by atoms with Gasteiger partial charge < -0.3 is 19.1 Å². The fourth-order valence-corrected chi connectivity index (χ4v) is 3.99. The second-order valence-electron chi connectivity index (χ2n) is 7.66. The van der Waals surface area contributed by atoms with Crippen molar-refractivity contribution in [3.63, 3.8) is 0 Å². The van der Waals surface area contributed by atoms with E-state index in [0.29, 0.717) is 63.7 Å². The average molecular weight is 390 g/mol. The Kier molecular flexibility index (Phi) is 6.07. The summed E-state index contributed by atoms with van der Waals surface area (Å²) in [6.07, 6.45) is 0. The van der Waals surface area contributed by atoms with Crippen molar-refractivity contribution >= 4 is 17.7 Å². The van der Waals surface area contributed by atoms with E-state index in [2.05, 4.69) is 4.90 Å². The first-order chi connectivity index (χ1) is 13.3. The summed E-state index contributed by atoms with van der Waals surface area (Å²) in [7, 11) is 0. The van der Waals surface area contributed by atoms with E-state index in [1.807, 2.05) is 30.6 Å². The molecule has 1 unspecified atom stereocenters. The lowest BCUT2D eigenvalue weighted by Crippen LogP contribution is -2.58. The molecule has 8 heteroatoms. The Balaban J connectivity index is 1.51. The van der Waals surface area contributed by atoms with Gasteiger partial charge in [0.1, 0.15) is 11.5 Å². The third-order valence-corrected chi connectivity index (χ3v) is 5.81. The van der Waals surface area contributed by atoms with E-state index in [0.717, 1.165) is 5.76 Å². The maximum Gasteiger partial charge on any atom is 0.257 e. The summed E-state index contributed by atoms with van der Waals surface area (Å²) in [5.74, 6) is 1.54. The molecule has 2 aliphatic rings.